The molecule has 0 aliphatic rings. The van der Waals surface area contributed by atoms with Gasteiger partial charge in [-0.05, 0) is 79.6 Å². The van der Waals surface area contributed by atoms with Crippen molar-refractivity contribution in [2.45, 2.75) is 40.7 Å². The maximum atomic E-state index is 6.47. The minimum atomic E-state index is -0.105. The molecule has 0 spiro atoms. The summed E-state index contributed by atoms with van der Waals surface area (Å²) in [5, 5.41) is 0. The van der Waals surface area contributed by atoms with Crippen molar-refractivity contribution >= 4 is 0 Å². The maximum Gasteiger partial charge on any atom is 0.0572 e. The Morgan fingerprint density at radius 3 is 1.89 bits per heavy atom. The molecule has 1 unspecified atom stereocenters. The minimum absolute atomic E-state index is 0.105. The van der Waals surface area contributed by atoms with Gasteiger partial charge < -0.3 is 5.73 Å². The Bertz CT molecular complexity index is 571. The fourth-order valence-corrected chi connectivity index (χ4v) is 2.72. The highest BCUT2D eigenvalue weighted by atomic mass is 14.7. The molecule has 2 nitrogen and oxygen atoms in total. The molecule has 0 fully saturated rings. The Labute approximate surface area is 115 Å². The minimum Gasteiger partial charge on any atom is -0.320 e. The van der Waals surface area contributed by atoms with E-state index in [1.807, 2.05) is 18.3 Å². The zero-order valence-electron chi connectivity index (χ0n) is 12.4. The van der Waals surface area contributed by atoms with E-state index in [-0.39, 0.29) is 6.04 Å². The molecular formula is C17H22N2. The van der Waals surface area contributed by atoms with Crippen molar-refractivity contribution in [3.63, 3.8) is 0 Å². The van der Waals surface area contributed by atoms with Gasteiger partial charge in [-0.3, -0.25) is 4.98 Å². The Morgan fingerprint density at radius 1 is 0.895 bits per heavy atom. The van der Waals surface area contributed by atoms with Gasteiger partial charge in [0, 0.05) is 12.4 Å². The van der Waals surface area contributed by atoms with E-state index in [1.54, 1.807) is 6.20 Å². The van der Waals surface area contributed by atoms with Crippen molar-refractivity contribution in [1.82, 2.24) is 4.98 Å². The SMILES string of the molecule is Cc1c(C)c(C)c(C(N)c2cccnc2)c(C)c1C. The zero-order chi connectivity index (χ0) is 14.2. The quantitative estimate of drug-likeness (QED) is 0.888. The summed E-state index contributed by atoms with van der Waals surface area (Å²) < 4.78 is 0. The predicted octanol–water partition coefficient (Wildman–Crippen LogP) is 3.67. The van der Waals surface area contributed by atoms with Crippen molar-refractivity contribution in [3.05, 3.63) is 63.5 Å². The van der Waals surface area contributed by atoms with Gasteiger partial charge in [-0.2, -0.15) is 0 Å². The molecule has 100 valence electrons. The number of aromatic nitrogens is 1. The summed E-state index contributed by atoms with van der Waals surface area (Å²) in [4.78, 5) is 4.17. The maximum absolute atomic E-state index is 6.47. The van der Waals surface area contributed by atoms with Crippen LogP contribution in [0.4, 0.5) is 0 Å². The lowest BCUT2D eigenvalue weighted by Crippen LogP contribution is -2.17. The summed E-state index contributed by atoms with van der Waals surface area (Å²) in [7, 11) is 0. The van der Waals surface area contributed by atoms with Gasteiger partial charge >= 0.3 is 0 Å². The molecule has 2 heteroatoms. The molecule has 1 atom stereocenters. The second-order valence-electron chi connectivity index (χ2n) is 5.30. The molecule has 0 amide bonds. The third-order valence-corrected chi connectivity index (χ3v) is 4.41. The van der Waals surface area contributed by atoms with Crippen LogP contribution in [-0.4, -0.2) is 4.98 Å². The molecule has 1 heterocycles. The van der Waals surface area contributed by atoms with Gasteiger partial charge in [0.1, 0.15) is 0 Å². The normalized spacial score (nSPS) is 12.5. The van der Waals surface area contributed by atoms with Crippen LogP contribution in [0.25, 0.3) is 0 Å². The van der Waals surface area contributed by atoms with E-state index in [0.29, 0.717) is 0 Å². The van der Waals surface area contributed by atoms with Crippen molar-refractivity contribution in [2.75, 3.05) is 0 Å². The Hall–Kier alpha value is -1.67. The first-order chi connectivity index (χ1) is 8.95. The zero-order valence-corrected chi connectivity index (χ0v) is 12.4. The molecule has 2 aromatic rings. The number of nitrogens with two attached hydrogens (primary N) is 1. The largest absolute Gasteiger partial charge is 0.320 e. The lowest BCUT2D eigenvalue weighted by Gasteiger charge is -2.23. The molecule has 0 aliphatic carbocycles. The molecule has 0 saturated carbocycles. The molecule has 1 aromatic heterocycles. The van der Waals surface area contributed by atoms with Crippen molar-refractivity contribution < 1.29 is 0 Å². The van der Waals surface area contributed by atoms with Crippen LogP contribution in [0, 0.1) is 34.6 Å². The second kappa shape index (κ2) is 5.14. The summed E-state index contributed by atoms with van der Waals surface area (Å²) in [6.45, 7) is 10.9. The van der Waals surface area contributed by atoms with Gasteiger partial charge in [0.25, 0.3) is 0 Å². The van der Waals surface area contributed by atoms with Crippen LogP contribution in [0.1, 0.15) is 45.0 Å². The smallest absolute Gasteiger partial charge is 0.0572 e. The van der Waals surface area contributed by atoms with E-state index in [2.05, 4.69) is 39.6 Å². The second-order valence-corrected chi connectivity index (χ2v) is 5.30. The number of pyridine rings is 1. The molecule has 1 aromatic carbocycles. The van der Waals surface area contributed by atoms with E-state index >= 15 is 0 Å². The number of hydrogen-bond acceptors (Lipinski definition) is 2. The fourth-order valence-electron chi connectivity index (χ4n) is 2.72. The van der Waals surface area contributed by atoms with Crippen LogP contribution in [-0.2, 0) is 0 Å². The van der Waals surface area contributed by atoms with Crippen molar-refractivity contribution in [2.24, 2.45) is 5.73 Å². The van der Waals surface area contributed by atoms with Gasteiger partial charge in [0.2, 0.25) is 0 Å². The van der Waals surface area contributed by atoms with Crippen LogP contribution in [0.5, 0.6) is 0 Å². The van der Waals surface area contributed by atoms with E-state index in [1.165, 1.54) is 33.4 Å². The molecule has 0 bridgehead atoms. The average molecular weight is 254 g/mol. The van der Waals surface area contributed by atoms with Crippen molar-refractivity contribution in [1.29, 1.82) is 0 Å². The Morgan fingerprint density at radius 2 is 1.42 bits per heavy atom. The first-order valence-electron chi connectivity index (χ1n) is 6.67. The van der Waals surface area contributed by atoms with E-state index in [4.69, 9.17) is 5.73 Å². The van der Waals surface area contributed by atoms with E-state index in [9.17, 15) is 0 Å². The lowest BCUT2D eigenvalue weighted by atomic mass is 9.85. The third-order valence-electron chi connectivity index (χ3n) is 4.41. The number of nitrogens with zero attached hydrogens (tertiary/aromatic N) is 1. The van der Waals surface area contributed by atoms with E-state index in [0.717, 1.165) is 5.56 Å². The average Bonchev–Trinajstić information content (AvgIpc) is 2.44. The van der Waals surface area contributed by atoms with Gasteiger partial charge in [-0.25, -0.2) is 0 Å². The van der Waals surface area contributed by atoms with Gasteiger partial charge in [-0.1, -0.05) is 6.07 Å². The van der Waals surface area contributed by atoms with Gasteiger partial charge in [-0.15, -0.1) is 0 Å². The highest BCUT2D eigenvalue weighted by molar-refractivity contribution is 5.52. The summed E-state index contributed by atoms with van der Waals surface area (Å²) >= 11 is 0. The van der Waals surface area contributed by atoms with Crippen LogP contribution in [0.15, 0.2) is 24.5 Å². The molecular weight excluding hydrogens is 232 g/mol. The monoisotopic (exact) mass is 254 g/mol. The lowest BCUT2D eigenvalue weighted by molar-refractivity contribution is 0.836. The summed E-state index contributed by atoms with van der Waals surface area (Å²) in [5.74, 6) is 0. The van der Waals surface area contributed by atoms with Crippen LogP contribution < -0.4 is 5.73 Å². The van der Waals surface area contributed by atoms with Crippen LogP contribution in [0.2, 0.25) is 0 Å². The molecule has 2 N–H and O–H groups in total. The molecule has 0 radical (unpaired) electrons. The first-order valence-corrected chi connectivity index (χ1v) is 6.67. The third kappa shape index (κ3) is 2.28. The highest BCUT2D eigenvalue weighted by Crippen LogP contribution is 2.32. The Kier molecular flexibility index (Phi) is 3.72. The predicted molar refractivity (Wildman–Crippen MR) is 80.4 cm³/mol. The summed E-state index contributed by atoms with van der Waals surface area (Å²) in [6.07, 6.45) is 3.63. The van der Waals surface area contributed by atoms with Crippen LogP contribution in [0.3, 0.4) is 0 Å². The topological polar surface area (TPSA) is 38.9 Å². The van der Waals surface area contributed by atoms with E-state index < -0.39 is 0 Å². The van der Waals surface area contributed by atoms with Gasteiger partial charge in [0.05, 0.1) is 6.04 Å². The Balaban J connectivity index is 2.64. The molecule has 0 aliphatic heterocycles. The number of hydrogen-bond donors (Lipinski definition) is 1. The standard InChI is InChI=1S/C17H22N2/c1-10-11(2)13(4)16(14(5)12(10)3)17(18)15-7-6-8-19-9-15/h6-9,17H,18H2,1-5H3. The summed E-state index contributed by atoms with van der Waals surface area (Å²) in [6, 6.07) is 3.88. The fraction of sp³-hybridized carbons (Fsp3) is 0.353. The first kappa shape index (κ1) is 13.8. The summed E-state index contributed by atoms with van der Waals surface area (Å²) in [5.41, 5.74) is 15.4. The number of rotatable bonds is 2. The number of benzene rings is 1. The molecule has 2 rings (SSSR count). The van der Waals surface area contributed by atoms with Gasteiger partial charge in [0.15, 0.2) is 0 Å². The highest BCUT2D eigenvalue weighted by Gasteiger charge is 2.18. The molecule has 0 saturated heterocycles. The van der Waals surface area contributed by atoms with Crippen LogP contribution >= 0.6 is 0 Å². The van der Waals surface area contributed by atoms with Crippen molar-refractivity contribution in [3.8, 4) is 0 Å². The molecule has 19 heavy (non-hydrogen) atoms.